The van der Waals surface area contributed by atoms with Crippen LogP contribution in [0.1, 0.15) is 25.0 Å². The fraction of sp³-hybridized carbons (Fsp3) is 0.435. The molecule has 0 unspecified atom stereocenters. The maximum atomic E-state index is 12.1. The summed E-state index contributed by atoms with van der Waals surface area (Å²) in [5.41, 5.74) is 2.41. The first kappa shape index (κ1) is 21.5. The Morgan fingerprint density at radius 2 is 1.94 bits per heavy atom. The van der Waals surface area contributed by atoms with E-state index in [9.17, 15) is 9.90 Å². The number of piperidine rings is 1. The fourth-order valence-corrected chi connectivity index (χ4v) is 4.32. The van der Waals surface area contributed by atoms with Crippen LogP contribution in [0, 0.1) is 0 Å². The van der Waals surface area contributed by atoms with Crippen LogP contribution in [-0.4, -0.2) is 70.3 Å². The minimum absolute atomic E-state index is 0.0416. The van der Waals surface area contributed by atoms with Crippen LogP contribution in [0.15, 0.2) is 30.6 Å². The van der Waals surface area contributed by atoms with E-state index in [4.69, 9.17) is 9.97 Å². The number of piperazine rings is 1. The van der Waals surface area contributed by atoms with Gasteiger partial charge in [-0.3, -0.25) is 4.79 Å². The number of aromatic nitrogens is 4. The van der Waals surface area contributed by atoms with Crippen LogP contribution in [0.5, 0.6) is 0 Å². The Morgan fingerprint density at radius 1 is 1.06 bits per heavy atom. The van der Waals surface area contributed by atoms with Gasteiger partial charge in [-0.15, -0.1) is 0 Å². The standard InChI is InChI=1S/C23H28N8O2/c32-11-6-17-12-16-13-26-23(29-21(16)22(27-17)30-8-2-1-3-9-30)28-19-5-4-18(14-25-19)31-10-7-24-15-20(31)33/h4-5,12-14,24,32H,1-3,6-11,15H2,(H,25,26,28,29). The van der Waals surface area contributed by atoms with Crippen LogP contribution < -0.4 is 20.4 Å². The molecule has 0 aromatic carbocycles. The highest BCUT2D eigenvalue weighted by molar-refractivity contribution is 5.95. The Balaban J connectivity index is 1.41. The molecule has 2 aliphatic heterocycles. The third-order valence-corrected chi connectivity index (χ3v) is 6.01. The molecular formula is C23H28N8O2. The molecule has 2 fully saturated rings. The molecule has 3 aromatic heterocycles. The number of anilines is 4. The number of carbonyl (C=O) groups is 1. The van der Waals surface area contributed by atoms with E-state index in [0.29, 0.717) is 31.3 Å². The van der Waals surface area contributed by atoms with E-state index in [1.807, 2.05) is 18.2 Å². The van der Waals surface area contributed by atoms with Gasteiger partial charge in [-0.2, -0.15) is 0 Å². The summed E-state index contributed by atoms with van der Waals surface area (Å²) in [5, 5.41) is 16.5. The number of pyridine rings is 2. The van der Waals surface area contributed by atoms with E-state index in [0.717, 1.165) is 60.6 Å². The number of hydrogen-bond donors (Lipinski definition) is 3. The molecule has 172 valence electrons. The van der Waals surface area contributed by atoms with Gasteiger partial charge >= 0.3 is 0 Å². The first-order valence-electron chi connectivity index (χ1n) is 11.5. The topological polar surface area (TPSA) is 119 Å². The summed E-state index contributed by atoms with van der Waals surface area (Å²) >= 11 is 0. The number of hydrogen-bond acceptors (Lipinski definition) is 9. The minimum Gasteiger partial charge on any atom is -0.396 e. The lowest BCUT2D eigenvalue weighted by Crippen LogP contribution is -2.48. The molecule has 0 aliphatic carbocycles. The van der Waals surface area contributed by atoms with Gasteiger partial charge in [0.1, 0.15) is 11.3 Å². The van der Waals surface area contributed by atoms with E-state index >= 15 is 0 Å². The molecule has 0 radical (unpaired) electrons. The number of nitrogens with one attached hydrogen (secondary N) is 2. The third-order valence-electron chi connectivity index (χ3n) is 6.01. The second-order valence-electron chi connectivity index (χ2n) is 8.34. The Hall–Kier alpha value is -3.37. The molecule has 0 bridgehead atoms. The molecule has 10 nitrogen and oxygen atoms in total. The van der Waals surface area contributed by atoms with E-state index in [1.165, 1.54) is 6.42 Å². The van der Waals surface area contributed by atoms with Gasteiger partial charge in [-0.05, 0) is 37.5 Å². The van der Waals surface area contributed by atoms with Gasteiger partial charge in [-0.1, -0.05) is 0 Å². The summed E-state index contributed by atoms with van der Waals surface area (Å²) in [5.74, 6) is 1.93. The first-order chi connectivity index (χ1) is 16.2. The van der Waals surface area contributed by atoms with E-state index in [-0.39, 0.29) is 12.5 Å². The molecular weight excluding hydrogens is 420 g/mol. The van der Waals surface area contributed by atoms with Crippen molar-refractivity contribution in [3.05, 3.63) is 36.3 Å². The summed E-state index contributed by atoms with van der Waals surface area (Å²) in [6.45, 7) is 3.70. The molecule has 33 heavy (non-hydrogen) atoms. The molecule has 0 spiro atoms. The van der Waals surface area contributed by atoms with Gasteiger partial charge in [0, 0.05) is 56.5 Å². The van der Waals surface area contributed by atoms with Gasteiger partial charge in [0.15, 0.2) is 5.82 Å². The van der Waals surface area contributed by atoms with Gasteiger partial charge in [0.25, 0.3) is 0 Å². The molecule has 5 rings (SSSR count). The molecule has 3 aromatic rings. The van der Waals surface area contributed by atoms with Gasteiger partial charge < -0.3 is 25.5 Å². The van der Waals surface area contributed by atoms with Crippen LogP contribution in [0.4, 0.5) is 23.3 Å². The van der Waals surface area contributed by atoms with Gasteiger partial charge in [0.2, 0.25) is 11.9 Å². The number of fused-ring (bicyclic) bond motifs is 1. The first-order valence-corrected chi connectivity index (χ1v) is 11.5. The van der Waals surface area contributed by atoms with Crippen LogP contribution in [0.2, 0.25) is 0 Å². The van der Waals surface area contributed by atoms with Crippen molar-refractivity contribution in [2.75, 3.05) is 54.4 Å². The maximum absolute atomic E-state index is 12.1. The molecule has 2 saturated heterocycles. The molecule has 3 N–H and O–H groups in total. The Labute approximate surface area is 192 Å². The monoisotopic (exact) mass is 448 g/mol. The summed E-state index contributed by atoms with van der Waals surface area (Å²) in [4.78, 5) is 34.6. The summed E-state index contributed by atoms with van der Waals surface area (Å²) in [7, 11) is 0. The van der Waals surface area contributed by atoms with Crippen molar-refractivity contribution in [1.29, 1.82) is 0 Å². The average Bonchev–Trinajstić information content (AvgIpc) is 2.85. The highest BCUT2D eigenvalue weighted by atomic mass is 16.3. The highest BCUT2D eigenvalue weighted by Gasteiger charge is 2.20. The molecule has 5 heterocycles. The summed E-state index contributed by atoms with van der Waals surface area (Å²) in [6, 6.07) is 5.65. The quantitative estimate of drug-likeness (QED) is 0.517. The van der Waals surface area contributed by atoms with Crippen LogP contribution in [0.3, 0.4) is 0 Å². The molecule has 10 heteroatoms. The lowest BCUT2D eigenvalue weighted by Gasteiger charge is -2.28. The number of nitrogens with zero attached hydrogens (tertiary/aromatic N) is 6. The van der Waals surface area contributed by atoms with E-state index in [2.05, 4.69) is 25.5 Å². The number of aliphatic hydroxyl groups excluding tert-OH is 1. The highest BCUT2D eigenvalue weighted by Crippen LogP contribution is 2.28. The Bertz CT molecular complexity index is 1130. The number of carbonyl (C=O) groups excluding carboxylic acids is 1. The smallest absolute Gasteiger partial charge is 0.241 e. The van der Waals surface area contributed by atoms with Crippen molar-refractivity contribution in [2.45, 2.75) is 25.7 Å². The van der Waals surface area contributed by atoms with Gasteiger partial charge in [0.05, 0.1) is 18.4 Å². The predicted octanol–water partition coefficient (Wildman–Crippen LogP) is 1.62. The zero-order chi connectivity index (χ0) is 22.6. The number of rotatable bonds is 6. The average molecular weight is 449 g/mol. The lowest BCUT2D eigenvalue weighted by molar-refractivity contribution is -0.118. The summed E-state index contributed by atoms with van der Waals surface area (Å²) in [6.07, 6.45) is 7.48. The molecule has 1 amide bonds. The summed E-state index contributed by atoms with van der Waals surface area (Å²) < 4.78 is 0. The van der Waals surface area contributed by atoms with Crippen molar-refractivity contribution in [2.24, 2.45) is 0 Å². The SMILES string of the molecule is O=C1CNCCN1c1ccc(Nc2ncc3cc(CCO)nc(N4CCCCC4)c3n2)nc1. The zero-order valence-corrected chi connectivity index (χ0v) is 18.5. The molecule has 0 atom stereocenters. The third kappa shape index (κ3) is 4.71. The van der Waals surface area contributed by atoms with Crippen LogP contribution >= 0.6 is 0 Å². The van der Waals surface area contributed by atoms with Crippen molar-refractivity contribution in [3.8, 4) is 0 Å². The molecule has 0 saturated carbocycles. The van der Waals surface area contributed by atoms with E-state index in [1.54, 1.807) is 17.3 Å². The van der Waals surface area contributed by atoms with Crippen molar-refractivity contribution >= 4 is 40.1 Å². The second-order valence-corrected chi connectivity index (χ2v) is 8.34. The van der Waals surface area contributed by atoms with E-state index < -0.39 is 0 Å². The Kier molecular flexibility index (Phi) is 6.27. The molecule has 2 aliphatic rings. The maximum Gasteiger partial charge on any atom is 0.241 e. The van der Waals surface area contributed by atoms with Crippen LogP contribution in [-0.2, 0) is 11.2 Å². The van der Waals surface area contributed by atoms with Crippen molar-refractivity contribution < 1.29 is 9.90 Å². The fourth-order valence-electron chi connectivity index (χ4n) is 4.32. The second kappa shape index (κ2) is 9.63. The Morgan fingerprint density at radius 3 is 2.70 bits per heavy atom. The van der Waals surface area contributed by atoms with Crippen LogP contribution in [0.25, 0.3) is 10.9 Å². The predicted molar refractivity (Wildman–Crippen MR) is 127 cm³/mol. The lowest BCUT2D eigenvalue weighted by atomic mass is 10.1. The van der Waals surface area contributed by atoms with Crippen molar-refractivity contribution in [3.63, 3.8) is 0 Å². The normalized spacial score (nSPS) is 16.9. The number of amides is 1. The van der Waals surface area contributed by atoms with Gasteiger partial charge in [-0.25, -0.2) is 19.9 Å². The minimum atomic E-state index is 0.0416. The zero-order valence-electron chi connectivity index (χ0n) is 18.5. The van der Waals surface area contributed by atoms with Crippen molar-refractivity contribution in [1.82, 2.24) is 25.3 Å². The largest absolute Gasteiger partial charge is 0.396 e. The number of aliphatic hydroxyl groups is 1.